The molecule has 0 heterocycles. The Hall–Kier alpha value is -2.61. The van der Waals surface area contributed by atoms with Crippen molar-refractivity contribution >= 4 is 24.8 Å². The van der Waals surface area contributed by atoms with Crippen LogP contribution in [0.25, 0.3) is 11.1 Å². The van der Waals surface area contributed by atoms with Crippen molar-refractivity contribution in [2.24, 2.45) is 0 Å². The topological polar surface area (TPSA) is 17.1 Å². The molecule has 0 amide bonds. The third-order valence-corrected chi connectivity index (χ3v) is 5.03. The summed E-state index contributed by atoms with van der Waals surface area (Å²) in [6.07, 6.45) is 4.72. The summed E-state index contributed by atoms with van der Waals surface area (Å²) in [5.41, 5.74) is 7.72. The molecule has 24 heavy (non-hydrogen) atoms. The fourth-order valence-corrected chi connectivity index (χ4v) is 3.93. The molecule has 0 fully saturated rings. The van der Waals surface area contributed by atoms with Gasteiger partial charge in [0, 0.05) is 11.1 Å². The van der Waals surface area contributed by atoms with Gasteiger partial charge in [0.25, 0.3) is 0 Å². The van der Waals surface area contributed by atoms with E-state index in [-0.39, 0.29) is 5.78 Å². The number of hydrogen-bond acceptors (Lipinski definition) is 1. The minimum atomic E-state index is 0.183. The van der Waals surface area contributed by atoms with Gasteiger partial charge in [-0.15, -0.1) is 5.98 Å². The van der Waals surface area contributed by atoms with Crippen LogP contribution < -0.4 is 0 Å². The van der Waals surface area contributed by atoms with Crippen LogP contribution >= 0.6 is 0 Å². The molecular weight excluding hydrogens is 291 g/mol. The normalized spacial score (nSPS) is 21.0. The summed E-state index contributed by atoms with van der Waals surface area (Å²) in [6, 6.07) is 16.8. The third kappa shape index (κ3) is 2.14. The molecule has 2 aliphatic carbocycles. The number of ketones is 1. The summed E-state index contributed by atoms with van der Waals surface area (Å²) in [7, 11) is 1.97. The molecule has 2 aliphatic rings. The first kappa shape index (κ1) is 15.0. The number of Topliss-reactive ketones (excluding diaryl/α,β-unsaturated/α-hetero) is 1. The molecule has 0 radical (unpaired) electrons. The zero-order chi connectivity index (χ0) is 16.7. The fraction of sp³-hybridized carbons (Fsp3) is 0.136. The van der Waals surface area contributed by atoms with Gasteiger partial charge in [0.15, 0.2) is 5.78 Å². The van der Waals surface area contributed by atoms with Crippen molar-refractivity contribution in [1.82, 2.24) is 0 Å². The van der Waals surface area contributed by atoms with Crippen LogP contribution in [0.1, 0.15) is 41.5 Å². The Morgan fingerprint density at radius 3 is 2.42 bits per heavy atom. The summed E-state index contributed by atoms with van der Waals surface area (Å²) in [5.74, 6) is 2.52. The first-order chi connectivity index (χ1) is 11.7. The van der Waals surface area contributed by atoms with Crippen LogP contribution in [0.5, 0.6) is 0 Å². The number of carbonyl (C=O) groups is 1. The highest BCUT2D eigenvalue weighted by Gasteiger charge is 2.34. The van der Waals surface area contributed by atoms with Gasteiger partial charge in [-0.05, 0) is 40.2 Å². The average molecular weight is 310 g/mol. The summed E-state index contributed by atoms with van der Waals surface area (Å²) < 4.78 is 0. The molecule has 2 aromatic rings. The number of fused-ring (bicyclic) bond motifs is 4. The molecule has 0 bridgehead atoms. The van der Waals surface area contributed by atoms with Gasteiger partial charge in [0.1, 0.15) is 7.85 Å². The predicted molar refractivity (Wildman–Crippen MR) is 103 cm³/mol. The number of benzene rings is 2. The summed E-state index contributed by atoms with van der Waals surface area (Å²) in [5, 5.41) is 0. The number of rotatable bonds is 1. The van der Waals surface area contributed by atoms with Gasteiger partial charge in [-0.2, -0.15) is 0 Å². The molecule has 2 aromatic carbocycles. The van der Waals surface area contributed by atoms with Gasteiger partial charge < -0.3 is 0 Å². The van der Waals surface area contributed by atoms with Gasteiger partial charge in [0.2, 0.25) is 0 Å². The molecule has 1 unspecified atom stereocenters. The van der Waals surface area contributed by atoms with Crippen LogP contribution in [-0.2, 0) is 4.79 Å². The minimum absolute atomic E-state index is 0.183. The molecule has 0 aromatic heterocycles. The van der Waals surface area contributed by atoms with Crippen LogP contribution in [0.4, 0.5) is 0 Å². The van der Waals surface area contributed by atoms with Crippen molar-refractivity contribution in [2.45, 2.75) is 19.3 Å². The van der Waals surface area contributed by atoms with E-state index >= 15 is 0 Å². The van der Waals surface area contributed by atoms with Crippen molar-refractivity contribution < 1.29 is 4.79 Å². The Morgan fingerprint density at radius 1 is 1.00 bits per heavy atom. The van der Waals surface area contributed by atoms with Gasteiger partial charge in [-0.1, -0.05) is 67.6 Å². The Kier molecular flexibility index (Phi) is 3.61. The second kappa shape index (κ2) is 5.79. The second-order valence-electron chi connectivity index (χ2n) is 6.53. The maximum absolute atomic E-state index is 13.2. The molecule has 2 heteroatoms. The molecule has 4 rings (SSSR count). The lowest BCUT2D eigenvalue weighted by Gasteiger charge is -2.32. The molecule has 0 spiro atoms. The quantitative estimate of drug-likeness (QED) is 0.572. The van der Waals surface area contributed by atoms with E-state index in [1.807, 2.05) is 32.0 Å². The van der Waals surface area contributed by atoms with E-state index in [1.54, 1.807) is 0 Å². The molecule has 0 aliphatic heterocycles. The summed E-state index contributed by atoms with van der Waals surface area (Å²) >= 11 is 0. The Morgan fingerprint density at radius 2 is 1.67 bits per heavy atom. The number of carbonyl (C=O) groups excluding carboxylic acids is 1. The largest absolute Gasteiger partial charge is 0.289 e. The Labute approximate surface area is 143 Å². The predicted octanol–water partition coefficient (Wildman–Crippen LogP) is 4.11. The summed E-state index contributed by atoms with van der Waals surface area (Å²) in [6.45, 7) is 2.21. The monoisotopic (exact) mass is 310 g/mol. The molecule has 1 atom stereocenters. The highest BCUT2D eigenvalue weighted by atomic mass is 16.1. The van der Waals surface area contributed by atoms with E-state index in [9.17, 15) is 4.79 Å². The number of hydrogen-bond donors (Lipinski definition) is 0. The lowest BCUT2D eigenvalue weighted by molar-refractivity contribution is -0.110. The molecule has 1 nitrogen and oxygen atoms in total. The van der Waals surface area contributed by atoms with E-state index in [0.717, 1.165) is 28.7 Å². The van der Waals surface area contributed by atoms with E-state index in [0.29, 0.717) is 5.92 Å². The van der Waals surface area contributed by atoms with Gasteiger partial charge in [0.05, 0.1) is 0 Å². The highest BCUT2D eigenvalue weighted by molar-refractivity contribution is 6.35. The fourth-order valence-electron chi connectivity index (χ4n) is 3.93. The van der Waals surface area contributed by atoms with Crippen LogP contribution in [0.3, 0.4) is 0 Å². The van der Waals surface area contributed by atoms with Crippen molar-refractivity contribution in [1.29, 1.82) is 0 Å². The smallest absolute Gasteiger partial charge is 0.190 e. The van der Waals surface area contributed by atoms with Gasteiger partial charge in [-0.3, -0.25) is 4.79 Å². The lowest BCUT2D eigenvalue weighted by Crippen LogP contribution is -2.21. The van der Waals surface area contributed by atoms with Gasteiger partial charge >= 0.3 is 0 Å². The minimum Gasteiger partial charge on any atom is -0.289 e. The van der Waals surface area contributed by atoms with Crippen molar-refractivity contribution in [2.75, 3.05) is 0 Å². The Bertz CT molecular complexity index is 930. The van der Waals surface area contributed by atoms with Crippen molar-refractivity contribution in [3.8, 4) is 0 Å². The van der Waals surface area contributed by atoms with E-state index in [1.165, 1.54) is 16.7 Å². The first-order valence-electron chi connectivity index (χ1n) is 8.52. The van der Waals surface area contributed by atoms with Crippen LogP contribution in [0, 0.1) is 0 Å². The zero-order valence-corrected chi connectivity index (χ0v) is 14.0. The molecular formula is C22H19BO. The van der Waals surface area contributed by atoms with Crippen LogP contribution in [0.15, 0.2) is 72.2 Å². The first-order valence-corrected chi connectivity index (χ1v) is 8.52. The summed E-state index contributed by atoms with van der Waals surface area (Å²) in [4.78, 5) is 13.2. The van der Waals surface area contributed by atoms with E-state index < -0.39 is 0 Å². The number of allylic oxidation sites excluding steroid dienone is 4. The van der Waals surface area contributed by atoms with E-state index in [2.05, 4.69) is 49.4 Å². The standard InChI is InChI=1S/C22H19BO/c1-14-13-20-21(17-9-4-2-7-15(14)17)18-10-5-3-8-16(18)19(22(20)24)11-6-12-23/h2-12,14H,13,23H2,1H3/b12-6+,19-11-. The van der Waals surface area contributed by atoms with Crippen LogP contribution in [-0.4, -0.2) is 13.6 Å². The lowest BCUT2D eigenvalue weighted by atomic mass is 9.70. The third-order valence-electron chi connectivity index (χ3n) is 5.03. The van der Waals surface area contributed by atoms with Crippen molar-refractivity contribution in [3.05, 3.63) is 94.5 Å². The highest BCUT2D eigenvalue weighted by Crippen LogP contribution is 2.47. The molecule has 0 saturated carbocycles. The molecule has 0 N–H and O–H groups in total. The van der Waals surface area contributed by atoms with Crippen LogP contribution in [0.2, 0.25) is 0 Å². The maximum Gasteiger partial charge on any atom is 0.190 e. The van der Waals surface area contributed by atoms with E-state index in [4.69, 9.17) is 0 Å². The second-order valence-corrected chi connectivity index (χ2v) is 6.53. The Balaban J connectivity index is 2.04. The molecule has 116 valence electrons. The van der Waals surface area contributed by atoms with Gasteiger partial charge in [-0.25, -0.2) is 0 Å². The maximum atomic E-state index is 13.2. The SMILES string of the molecule is B/C=C/C=C1\C(=O)C2=C(c3ccccc31)c1ccccc1C(C)C2. The van der Waals surface area contributed by atoms with Crippen molar-refractivity contribution in [3.63, 3.8) is 0 Å². The zero-order valence-electron chi connectivity index (χ0n) is 14.0. The average Bonchev–Trinajstić information content (AvgIpc) is 2.62. The molecule has 0 saturated heterocycles.